The lowest BCUT2D eigenvalue weighted by Crippen LogP contribution is -2.37. The predicted octanol–water partition coefficient (Wildman–Crippen LogP) is 2.71. The summed E-state index contributed by atoms with van der Waals surface area (Å²) in [7, 11) is 3.75. The van der Waals surface area contributed by atoms with Crippen molar-refractivity contribution in [1.82, 2.24) is 9.80 Å². The molecule has 0 saturated carbocycles. The third-order valence-electron chi connectivity index (χ3n) is 5.00. The minimum absolute atomic E-state index is 0.0714. The molecule has 0 saturated heterocycles. The van der Waals surface area contributed by atoms with E-state index in [1.807, 2.05) is 19.0 Å². The maximum absolute atomic E-state index is 12.9. The molecule has 0 unspecified atom stereocenters. The molecule has 0 aliphatic rings. The van der Waals surface area contributed by atoms with Gasteiger partial charge < -0.3 is 25.0 Å². The minimum atomic E-state index is -0.543. The maximum Gasteiger partial charge on any atom is 0.343 e. The quantitative estimate of drug-likeness (QED) is 0.116. The highest BCUT2D eigenvalue weighted by atomic mass is 16.5. The number of carbonyl (C=O) groups excluding carboxylic acids is 3. The van der Waals surface area contributed by atoms with Crippen LogP contribution in [0.15, 0.2) is 66.8 Å². The Balaban J connectivity index is 2.01. The SMILES string of the molecule is C=CCN(CC(=O)OCCN(C)C)C(=O)C(C)=Cc1ccc(C(=O)Oc2ccc(C(=N)N)cc2)cc1. The first-order chi connectivity index (χ1) is 17.1. The predicted molar refractivity (Wildman–Crippen MR) is 139 cm³/mol. The summed E-state index contributed by atoms with van der Waals surface area (Å²) >= 11 is 0. The number of hydrogen-bond donors (Lipinski definition) is 2. The van der Waals surface area contributed by atoms with Gasteiger partial charge in [0.2, 0.25) is 5.91 Å². The van der Waals surface area contributed by atoms with E-state index >= 15 is 0 Å². The maximum atomic E-state index is 12.9. The average molecular weight is 493 g/mol. The number of rotatable bonds is 12. The number of amidine groups is 1. The smallest absolute Gasteiger partial charge is 0.343 e. The van der Waals surface area contributed by atoms with Gasteiger partial charge in [0.1, 0.15) is 24.7 Å². The normalized spacial score (nSPS) is 11.1. The number of esters is 2. The Bertz CT molecular complexity index is 1120. The highest BCUT2D eigenvalue weighted by Gasteiger charge is 2.18. The van der Waals surface area contributed by atoms with Crippen molar-refractivity contribution in [3.8, 4) is 5.75 Å². The van der Waals surface area contributed by atoms with Gasteiger partial charge in [-0.3, -0.25) is 15.0 Å². The summed E-state index contributed by atoms with van der Waals surface area (Å²) in [6.45, 7) is 6.17. The fourth-order valence-corrected chi connectivity index (χ4v) is 3.06. The summed E-state index contributed by atoms with van der Waals surface area (Å²) in [5, 5.41) is 7.40. The molecule has 36 heavy (non-hydrogen) atoms. The van der Waals surface area contributed by atoms with E-state index in [0.29, 0.717) is 34.6 Å². The van der Waals surface area contributed by atoms with Crippen molar-refractivity contribution in [2.75, 3.05) is 40.3 Å². The highest BCUT2D eigenvalue weighted by Crippen LogP contribution is 2.16. The number of amides is 1. The van der Waals surface area contributed by atoms with E-state index < -0.39 is 11.9 Å². The Morgan fingerprint density at radius 2 is 1.64 bits per heavy atom. The molecular weight excluding hydrogens is 460 g/mol. The van der Waals surface area contributed by atoms with Crippen LogP contribution in [-0.4, -0.2) is 73.8 Å². The second-order valence-electron chi connectivity index (χ2n) is 8.28. The zero-order valence-corrected chi connectivity index (χ0v) is 20.8. The van der Waals surface area contributed by atoms with Crippen molar-refractivity contribution in [3.05, 3.63) is 83.4 Å². The van der Waals surface area contributed by atoms with Gasteiger partial charge >= 0.3 is 11.9 Å². The van der Waals surface area contributed by atoms with Gasteiger partial charge in [0, 0.05) is 24.2 Å². The second kappa shape index (κ2) is 13.6. The van der Waals surface area contributed by atoms with Gasteiger partial charge in [-0.2, -0.15) is 0 Å². The first-order valence-corrected chi connectivity index (χ1v) is 11.3. The third kappa shape index (κ3) is 8.84. The molecule has 0 atom stereocenters. The Hall–Kier alpha value is -4.24. The van der Waals surface area contributed by atoms with Crippen molar-refractivity contribution < 1.29 is 23.9 Å². The van der Waals surface area contributed by atoms with Crippen LogP contribution in [-0.2, 0) is 14.3 Å². The molecule has 2 aromatic carbocycles. The zero-order valence-electron chi connectivity index (χ0n) is 20.8. The van der Waals surface area contributed by atoms with E-state index in [4.69, 9.17) is 20.6 Å². The van der Waals surface area contributed by atoms with Crippen LogP contribution in [0.5, 0.6) is 5.75 Å². The lowest BCUT2D eigenvalue weighted by atomic mass is 10.1. The second-order valence-corrected chi connectivity index (χ2v) is 8.28. The van der Waals surface area contributed by atoms with Crippen LogP contribution in [0.3, 0.4) is 0 Å². The molecule has 0 aliphatic heterocycles. The minimum Gasteiger partial charge on any atom is -0.463 e. The summed E-state index contributed by atoms with van der Waals surface area (Å²) in [6.07, 6.45) is 3.22. The van der Waals surface area contributed by atoms with Crippen LogP contribution in [0.1, 0.15) is 28.4 Å². The van der Waals surface area contributed by atoms with Crippen molar-refractivity contribution in [3.63, 3.8) is 0 Å². The molecule has 2 aromatic rings. The molecular formula is C27H32N4O5. The summed E-state index contributed by atoms with van der Waals surface area (Å²) in [5.41, 5.74) is 7.41. The highest BCUT2D eigenvalue weighted by molar-refractivity contribution is 5.99. The van der Waals surface area contributed by atoms with Crippen LogP contribution in [0.4, 0.5) is 0 Å². The monoisotopic (exact) mass is 492 g/mol. The van der Waals surface area contributed by atoms with Crippen LogP contribution >= 0.6 is 0 Å². The topological polar surface area (TPSA) is 126 Å². The van der Waals surface area contributed by atoms with Crippen molar-refractivity contribution in [2.45, 2.75) is 6.92 Å². The third-order valence-corrected chi connectivity index (χ3v) is 5.00. The molecule has 0 bridgehead atoms. The molecule has 0 heterocycles. The molecule has 1 amide bonds. The first-order valence-electron chi connectivity index (χ1n) is 11.3. The fraction of sp³-hybridized carbons (Fsp3) is 0.259. The van der Waals surface area contributed by atoms with Gasteiger partial charge in [0.15, 0.2) is 0 Å². The number of hydrogen-bond acceptors (Lipinski definition) is 7. The van der Waals surface area contributed by atoms with E-state index in [1.54, 1.807) is 67.6 Å². The van der Waals surface area contributed by atoms with E-state index in [1.165, 1.54) is 4.90 Å². The Morgan fingerprint density at radius 3 is 2.19 bits per heavy atom. The molecule has 0 radical (unpaired) electrons. The molecule has 9 nitrogen and oxygen atoms in total. The summed E-state index contributed by atoms with van der Waals surface area (Å²) in [6, 6.07) is 12.9. The van der Waals surface area contributed by atoms with Gasteiger partial charge in [-0.05, 0) is 69.1 Å². The lowest BCUT2D eigenvalue weighted by molar-refractivity contribution is -0.148. The molecule has 3 N–H and O–H groups in total. The van der Waals surface area contributed by atoms with Gasteiger partial charge in [-0.15, -0.1) is 6.58 Å². The largest absolute Gasteiger partial charge is 0.463 e. The Labute approximate surface area is 211 Å². The van der Waals surface area contributed by atoms with Gasteiger partial charge in [-0.25, -0.2) is 4.79 Å². The lowest BCUT2D eigenvalue weighted by Gasteiger charge is -2.21. The van der Waals surface area contributed by atoms with E-state index in [-0.39, 0.29) is 31.4 Å². The molecule has 0 aromatic heterocycles. The molecule has 190 valence electrons. The Morgan fingerprint density at radius 1 is 1.03 bits per heavy atom. The number of nitrogens with one attached hydrogen (secondary N) is 1. The number of ether oxygens (including phenoxy) is 2. The van der Waals surface area contributed by atoms with E-state index in [2.05, 4.69) is 6.58 Å². The van der Waals surface area contributed by atoms with Gasteiger partial charge in [0.05, 0.1) is 5.56 Å². The average Bonchev–Trinajstić information content (AvgIpc) is 2.83. The van der Waals surface area contributed by atoms with Crippen LogP contribution < -0.4 is 10.5 Å². The van der Waals surface area contributed by atoms with Crippen molar-refractivity contribution in [2.24, 2.45) is 5.73 Å². The number of nitrogens with zero attached hydrogens (tertiary/aromatic N) is 2. The molecule has 0 spiro atoms. The molecule has 0 fully saturated rings. The molecule has 0 aliphatic carbocycles. The molecule has 9 heteroatoms. The Kier molecular flexibility index (Phi) is 10.6. The van der Waals surface area contributed by atoms with Gasteiger partial charge in [-0.1, -0.05) is 18.2 Å². The number of nitrogen functional groups attached to an aromatic ring is 1. The number of carbonyl (C=O) groups is 3. The number of likely N-dealkylation sites (N-methyl/N-ethyl adjacent to an activating group) is 1. The first kappa shape index (κ1) is 28.0. The van der Waals surface area contributed by atoms with Crippen LogP contribution in [0.2, 0.25) is 0 Å². The van der Waals surface area contributed by atoms with E-state index in [0.717, 1.165) is 0 Å². The van der Waals surface area contributed by atoms with Crippen LogP contribution in [0.25, 0.3) is 6.08 Å². The zero-order chi connectivity index (χ0) is 26.7. The number of nitrogens with two attached hydrogens (primary N) is 1. The summed E-state index contributed by atoms with van der Waals surface area (Å²) in [5.74, 6) is -1.09. The van der Waals surface area contributed by atoms with Crippen LogP contribution in [0, 0.1) is 5.41 Å². The standard InChI is InChI=1S/C27H32N4O5/c1-5-14-31(18-24(32)35-16-15-30(3)4)26(33)19(2)17-20-6-8-22(9-7-20)27(34)36-23-12-10-21(11-13-23)25(28)29/h5-13,17H,1,14-16,18H2,2-4H3,(H3,28,29). The fourth-order valence-electron chi connectivity index (χ4n) is 3.06. The summed E-state index contributed by atoms with van der Waals surface area (Å²) in [4.78, 5) is 40.7. The molecule has 2 rings (SSSR count). The van der Waals surface area contributed by atoms with Gasteiger partial charge in [0.25, 0.3) is 0 Å². The van der Waals surface area contributed by atoms with Crippen molar-refractivity contribution in [1.29, 1.82) is 5.41 Å². The van der Waals surface area contributed by atoms with E-state index in [9.17, 15) is 14.4 Å². The number of benzene rings is 2. The summed E-state index contributed by atoms with van der Waals surface area (Å²) < 4.78 is 10.5. The van der Waals surface area contributed by atoms with Crippen molar-refractivity contribution >= 4 is 29.8 Å².